The number of carbonyl (C=O) groups excluding carboxylic acids is 1. The molecule has 1 aliphatic rings. The number of nitrogens with two attached hydrogens (primary N) is 1. The van der Waals surface area contributed by atoms with Crippen LogP contribution in [0.1, 0.15) is 38.1 Å². The van der Waals surface area contributed by atoms with Crippen molar-refractivity contribution in [3.63, 3.8) is 0 Å². The van der Waals surface area contributed by atoms with Crippen LogP contribution in [0.3, 0.4) is 0 Å². The van der Waals surface area contributed by atoms with Crippen LogP contribution >= 0.6 is 11.3 Å². The molecule has 0 radical (unpaired) electrons. The van der Waals surface area contributed by atoms with Gasteiger partial charge in [-0.15, -0.1) is 11.3 Å². The Morgan fingerprint density at radius 3 is 2.81 bits per heavy atom. The third kappa shape index (κ3) is 2.55. The molecule has 26 heavy (non-hydrogen) atoms. The van der Waals surface area contributed by atoms with Crippen LogP contribution in [-0.4, -0.2) is 45.1 Å². The highest BCUT2D eigenvalue weighted by Crippen LogP contribution is 2.29. The zero-order valence-corrected chi connectivity index (χ0v) is 16.0. The van der Waals surface area contributed by atoms with Gasteiger partial charge >= 0.3 is 0 Å². The number of rotatable bonds is 4. The summed E-state index contributed by atoms with van der Waals surface area (Å²) in [6.07, 6.45) is 0.830. The molecule has 0 spiro atoms. The van der Waals surface area contributed by atoms with Crippen LogP contribution in [0.4, 0.5) is 0 Å². The van der Waals surface area contributed by atoms with E-state index < -0.39 is 11.9 Å². The van der Waals surface area contributed by atoms with Crippen molar-refractivity contribution in [3.8, 4) is 0 Å². The lowest BCUT2D eigenvalue weighted by atomic mass is 9.98. The van der Waals surface area contributed by atoms with Gasteiger partial charge in [0.25, 0.3) is 5.56 Å². The number of aromatic nitrogens is 3. The maximum atomic E-state index is 13.2. The van der Waals surface area contributed by atoms with E-state index in [-0.39, 0.29) is 17.4 Å². The smallest absolute Gasteiger partial charge is 0.291 e. The number of nitrogens with zero attached hydrogens (tertiary/aromatic N) is 4. The summed E-state index contributed by atoms with van der Waals surface area (Å²) in [5, 5.41) is 7.67. The first kappa shape index (κ1) is 17.2. The topological polar surface area (TPSA) is 85.6 Å². The van der Waals surface area contributed by atoms with Gasteiger partial charge in [0.2, 0.25) is 5.91 Å². The second kappa shape index (κ2) is 6.21. The Hall–Kier alpha value is -2.19. The van der Waals surface area contributed by atoms with Gasteiger partial charge in [0.15, 0.2) is 0 Å². The van der Waals surface area contributed by atoms with Crippen LogP contribution in [0, 0.1) is 5.92 Å². The molecule has 1 fully saturated rings. The average molecular weight is 373 g/mol. The van der Waals surface area contributed by atoms with Crippen molar-refractivity contribution in [2.24, 2.45) is 11.7 Å². The third-order valence-electron chi connectivity index (χ3n) is 5.22. The van der Waals surface area contributed by atoms with E-state index in [9.17, 15) is 9.59 Å². The predicted octanol–water partition coefficient (Wildman–Crippen LogP) is 1.81. The molecular formula is C18H23N5O2S. The summed E-state index contributed by atoms with van der Waals surface area (Å²) in [5.41, 5.74) is 6.03. The summed E-state index contributed by atoms with van der Waals surface area (Å²) in [4.78, 5) is 28.7. The average Bonchev–Trinajstić information content (AvgIpc) is 3.25. The highest BCUT2D eigenvalue weighted by atomic mass is 32.1. The SMILES string of the molecule is CC(C)c1nn(C(C(N)=O)[C@@H]2CCN(C)C2)c(=O)c2cc3ccsc3n12. The second-order valence-electron chi connectivity index (χ2n) is 7.47. The molecule has 1 aliphatic heterocycles. The van der Waals surface area contributed by atoms with Gasteiger partial charge in [-0.05, 0) is 37.5 Å². The normalized spacial score (nSPS) is 19.8. The Morgan fingerprint density at radius 2 is 2.19 bits per heavy atom. The number of fused-ring (bicyclic) bond motifs is 3. The van der Waals surface area contributed by atoms with Gasteiger partial charge < -0.3 is 10.6 Å². The number of amides is 1. The first-order valence-electron chi connectivity index (χ1n) is 8.87. The standard InChI is InChI=1S/C18H23N5O2S/c1-10(2)16-20-23(14(15(19)24)12-4-6-21(3)9-12)17(25)13-8-11-5-7-26-18(11)22(13)16/h5,7-8,10,12,14H,4,6,9H2,1-3H3,(H2,19,24)/t12-,14?/m1/s1. The minimum Gasteiger partial charge on any atom is -0.368 e. The van der Waals surface area contributed by atoms with E-state index in [1.54, 1.807) is 11.3 Å². The van der Waals surface area contributed by atoms with Crippen LogP contribution in [0.2, 0.25) is 0 Å². The van der Waals surface area contributed by atoms with E-state index in [1.807, 2.05) is 42.8 Å². The van der Waals surface area contributed by atoms with Gasteiger partial charge in [0, 0.05) is 23.8 Å². The predicted molar refractivity (Wildman–Crippen MR) is 103 cm³/mol. The Labute approximate surface area is 155 Å². The van der Waals surface area contributed by atoms with Crippen LogP contribution in [0.5, 0.6) is 0 Å². The van der Waals surface area contributed by atoms with Crippen LogP contribution < -0.4 is 11.3 Å². The summed E-state index contributed by atoms with van der Waals surface area (Å²) >= 11 is 1.59. The Bertz CT molecular complexity index is 1050. The molecular weight excluding hydrogens is 350 g/mol. The van der Waals surface area contributed by atoms with Crippen LogP contribution in [0.15, 0.2) is 22.3 Å². The van der Waals surface area contributed by atoms with Crippen molar-refractivity contribution >= 4 is 33.0 Å². The number of carbonyl (C=O) groups is 1. The molecule has 1 amide bonds. The highest BCUT2D eigenvalue weighted by Gasteiger charge is 2.35. The minimum absolute atomic E-state index is 0.00115. The van der Waals surface area contributed by atoms with Crippen molar-refractivity contribution in [3.05, 3.63) is 33.7 Å². The van der Waals surface area contributed by atoms with Crippen LogP contribution in [0.25, 0.3) is 15.7 Å². The second-order valence-corrected chi connectivity index (χ2v) is 8.36. The molecule has 3 aromatic heterocycles. The first-order chi connectivity index (χ1) is 12.4. The van der Waals surface area contributed by atoms with E-state index >= 15 is 0 Å². The first-order valence-corrected chi connectivity index (χ1v) is 9.75. The van der Waals surface area contributed by atoms with E-state index in [2.05, 4.69) is 10.00 Å². The molecule has 7 nitrogen and oxygen atoms in total. The molecule has 0 saturated carbocycles. The lowest BCUT2D eigenvalue weighted by molar-refractivity contribution is -0.123. The Morgan fingerprint density at radius 1 is 1.42 bits per heavy atom. The summed E-state index contributed by atoms with van der Waals surface area (Å²) in [7, 11) is 2.01. The maximum absolute atomic E-state index is 13.2. The molecule has 4 rings (SSSR count). The third-order valence-corrected chi connectivity index (χ3v) is 6.14. The zero-order valence-electron chi connectivity index (χ0n) is 15.2. The molecule has 1 unspecified atom stereocenters. The number of likely N-dealkylation sites (tertiary alicyclic amines) is 1. The van der Waals surface area contributed by atoms with Crippen molar-refractivity contribution in [2.45, 2.75) is 32.2 Å². The van der Waals surface area contributed by atoms with E-state index in [4.69, 9.17) is 5.73 Å². The summed E-state index contributed by atoms with van der Waals surface area (Å²) in [5.74, 6) is 0.380. The molecule has 2 N–H and O–H groups in total. The lowest BCUT2D eigenvalue weighted by Crippen LogP contribution is -2.41. The molecule has 0 aliphatic carbocycles. The van der Waals surface area contributed by atoms with Gasteiger partial charge in [-0.25, -0.2) is 4.68 Å². The Kier molecular flexibility index (Phi) is 4.11. The monoisotopic (exact) mass is 373 g/mol. The van der Waals surface area contributed by atoms with Crippen LogP contribution in [-0.2, 0) is 4.79 Å². The van der Waals surface area contributed by atoms with Crippen molar-refractivity contribution in [1.29, 1.82) is 0 Å². The molecule has 2 atom stereocenters. The molecule has 138 valence electrons. The maximum Gasteiger partial charge on any atom is 0.291 e. The molecule has 1 saturated heterocycles. The fraction of sp³-hybridized carbons (Fsp3) is 0.500. The van der Waals surface area contributed by atoms with Gasteiger partial charge in [0.05, 0.1) is 0 Å². The Balaban J connectivity index is 1.98. The molecule has 3 aromatic rings. The zero-order chi connectivity index (χ0) is 18.6. The number of hydrogen-bond acceptors (Lipinski definition) is 5. The van der Waals surface area contributed by atoms with Crippen molar-refractivity contribution < 1.29 is 4.79 Å². The van der Waals surface area contributed by atoms with Crippen molar-refractivity contribution in [1.82, 2.24) is 19.1 Å². The fourth-order valence-corrected chi connectivity index (χ4v) is 4.87. The number of primary amides is 1. The van der Waals surface area contributed by atoms with Gasteiger partial charge in [-0.1, -0.05) is 13.8 Å². The summed E-state index contributed by atoms with van der Waals surface area (Å²) in [6, 6.07) is 3.16. The highest BCUT2D eigenvalue weighted by molar-refractivity contribution is 7.16. The van der Waals surface area contributed by atoms with Gasteiger partial charge in [0.1, 0.15) is 22.2 Å². The summed E-state index contributed by atoms with van der Waals surface area (Å²) < 4.78 is 3.28. The number of thiophene rings is 1. The molecule has 0 aromatic carbocycles. The molecule has 0 bridgehead atoms. The largest absolute Gasteiger partial charge is 0.368 e. The van der Waals surface area contributed by atoms with E-state index in [0.29, 0.717) is 5.52 Å². The van der Waals surface area contributed by atoms with E-state index in [0.717, 1.165) is 35.6 Å². The van der Waals surface area contributed by atoms with E-state index in [1.165, 1.54) is 4.68 Å². The fourth-order valence-electron chi connectivity index (χ4n) is 3.97. The van der Waals surface area contributed by atoms with Gasteiger partial charge in [-0.3, -0.25) is 14.0 Å². The van der Waals surface area contributed by atoms with Gasteiger partial charge in [-0.2, -0.15) is 5.10 Å². The number of hydrogen-bond donors (Lipinski definition) is 1. The molecule has 8 heteroatoms. The lowest BCUT2D eigenvalue weighted by Gasteiger charge is -2.23. The quantitative estimate of drug-likeness (QED) is 0.756. The molecule has 4 heterocycles. The minimum atomic E-state index is -0.720. The van der Waals surface area contributed by atoms with Crippen molar-refractivity contribution in [2.75, 3.05) is 20.1 Å². The summed E-state index contributed by atoms with van der Waals surface area (Å²) in [6.45, 7) is 5.71.